The highest BCUT2D eigenvalue weighted by Crippen LogP contribution is 2.40. The summed E-state index contributed by atoms with van der Waals surface area (Å²) < 4.78 is 11.0. The molecule has 0 fully saturated rings. The summed E-state index contributed by atoms with van der Waals surface area (Å²) in [7, 11) is 1.35. The molecule has 0 aliphatic rings. The van der Waals surface area contributed by atoms with Crippen molar-refractivity contribution >= 4 is 32.9 Å². The number of phenols is 1. The van der Waals surface area contributed by atoms with Gasteiger partial charge in [-0.3, -0.25) is 0 Å². The van der Waals surface area contributed by atoms with Gasteiger partial charge in [-0.25, -0.2) is 4.79 Å². The van der Waals surface area contributed by atoms with Gasteiger partial charge in [-0.2, -0.15) is 0 Å². The Balaban J connectivity index is 2.25. The van der Waals surface area contributed by atoms with E-state index in [1.165, 1.54) is 7.11 Å². The Kier molecular flexibility index (Phi) is 4.90. The molecule has 0 amide bonds. The number of esters is 1. The average Bonchev–Trinajstić information content (AvgIpc) is 2.99. The summed E-state index contributed by atoms with van der Waals surface area (Å²) in [6.45, 7) is 0. The molecule has 24 heavy (non-hydrogen) atoms. The fourth-order valence-electron chi connectivity index (χ4n) is 2.94. The minimum atomic E-state index is -0.440. The lowest BCUT2D eigenvalue weighted by Crippen LogP contribution is -2.09. The van der Waals surface area contributed by atoms with Crippen molar-refractivity contribution < 1.29 is 19.1 Å². The summed E-state index contributed by atoms with van der Waals surface area (Å²) in [6, 6.07) is 14.5. The predicted octanol–water partition coefficient (Wildman–Crippen LogP) is 4.84. The Morgan fingerprint density at radius 3 is 2.62 bits per heavy atom. The molecule has 3 rings (SSSR count). The normalized spacial score (nSPS) is 12.2. The van der Waals surface area contributed by atoms with Crippen molar-refractivity contribution in [2.75, 3.05) is 12.4 Å². The van der Waals surface area contributed by atoms with Crippen LogP contribution in [0.25, 0.3) is 11.0 Å². The van der Waals surface area contributed by atoms with Crippen LogP contribution in [0.15, 0.2) is 52.9 Å². The number of rotatable bonds is 5. The molecule has 0 aliphatic heterocycles. The van der Waals surface area contributed by atoms with Crippen molar-refractivity contribution in [2.24, 2.45) is 0 Å². The third-order valence-electron chi connectivity index (χ3n) is 4.04. The lowest BCUT2D eigenvalue weighted by molar-refractivity contribution is 0.0599. The number of ether oxygens (including phenoxy) is 1. The maximum absolute atomic E-state index is 12.4. The Morgan fingerprint density at radius 1 is 1.21 bits per heavy atom. The van der Waals surface area contributed by atoms with E-state index in [0.717, 1.165) is 5.56 Å². The van der Waals surface area contributed by atoms with Gasteiger partial charge in [0.05, 0.1) is 7.11 Å². The number of benzene rings is 2. The van der Waals surface area contributed by atoms with Crippen LogP contribution in [0.3, 0.4) is 0 Å². The topological polar surface area (TPSA) is 59.7 Å². The Morgan fingerprint density at radius 2 is 1.92 bits per heavy atom. The van der Waals surface area contributed by atoms with Crippen LogP contribution in [0.4, 0.5) is 0 Å². The number of methoxy groups -OCH3 is 1. The number of alkyl halides is 1. The van der Waals surface area contributed by atoms with Gasteiger partial charge < -0.3 is 14.3 Å². The van der Waals surface area contributed by atoms with E-state index in [1.54, 1.807) is 12.1 Å². The Bertz CT molecular complexity index is 869. The molecule has 0 aliphatic carbocycles. The maximum atomic E-state index is 12.4. The average molecular weight is 389 g/mol. The number of halogens is 1. The van der Waals surface area contributed by atoms with Crippen LogP contribution in [-0.4, -0.2) is 23.5 Å². The summed E-state index contributed by atoms with van der Waals surface area (Å²) in [5.74, 6) is 0.000685. The largest absolute Gasteiger partial charge is 0.508 e. The first-order chi connectivity index (χ1) is 11.7. The Hall–Kier alpha value is -2.27. The summed E-state index contributed by atoms with van der Waals surface area (Å²) in [5, 5.41) is 11.7. The molecular formula is C19H17BrO4. The zero-order chi connectivity index (χ0) is 17.1. The van der Waals surface area contributed by atoms with Crippen molar-refractivity contribution in [2.45, 2.75) is 12.3 Å². The van der Waals surface area contributed by atoms with Crippen LogP contribution in [-0.2, 0) is 4.74 Å². The molecule has 4 nitrogen and oxygen atoms in total. The van der Waals surface area contributed by atoms with Gasteiger partial charge in [-0.15, -0.1) is 0 Å². The van der Waals surface area contributed by atoms with Crippen molar-refractivity contribution in [1.82, 2.24) is 0 Å². The van der Waals surface area contributed by atoms with Crippen LogP contribution in [0.1, 0.15) is 34.0 Å². The molecule has 0 radical (unpaired) electrons. The molecule has 0 spiro atoms. The van der Waals surface area contributed by atoms with Crippen molar-refractivity contribution in [3.63, 3.8) is 0 Å². The predicted molar refractivity (Wildman–Crippen MR) is 95.9 cm³/mol. The van der Waals surface area contributed by atoms with Gasteiger partial charge in [0.1, 0.15) is 22.7 Å². The fraction of sp³-hybridized carbons (Fsp3) is 0.211. The summed E-state index contributed by atoms with van der Waals surface area (Å²) in [4.78, 5) is 12.4. The second-order valence-corrected chi connectivity index (χ2v) is 6.21. The molecule has 0 saturated heterocycles. The number of carbonyl (C=O) groups is 1. The molecule has 0 bridgehead atoms. The van der Waals surface area contributed by atoms with Crippen LogP contribution < -0.4 is 0 Å². The number of aromatic hydroxyl groups is 1. The van der Waals surface area contributed by atoms with Gasteiger partial charge in [0.25, 0.3) is 0 Å². The number of para-hydroxylation sites is 2. The maximum Gasteiger partial charge on any atom is 0.342 e. The highest BCUT2D eigenvalue weighted by Gasteiger charge is 2.29. The van der Waals surface area contributed by atoms with Gasteiger partial charge in [0.2, 0.25) is 0 Å². The molecule has 1 aromatic heterocycles. The van der Waals surface area contributed by atoms with Crippen LogP contribution in [0.2, 0.25) is 0 Å². The quantitative estimate of drug-likeness (QED) is 0.501. The SMILES string of the molecule is COC(=O)c1c(C(CCBr)c2ccccc2O)oc2ccccc12. The second kappa shape index (κ2) is 7.09. The van der Waals surface area contributed by atoms with Gasteiger partial charge in [0.15, 0.2) is 0 Å². The molecular weight excluding hydrogens is 372 g/mol. The molecule has 1 N–H and O–H groups in total. The molecule has 1 heterocycles. The minimum absolute atomic E-state index is 0.180. The highest BCUT2D eigenvalue weighted by molar-refractivity contribution is 9.09. The molecule has 1 unspecified atom stereocenters. The van der Waals surface area contributed by atoms with E-state index in [-0.39, 0.29) is 11.7 Å². The van der Waals surface area contributed by atoms with Crippen molar-refractivity contribution in [1.29, 1.82) is 0 Å². The summed E-state index contributed by atoms with van der Waals surface area (Å²) in [6.07, 6.45) is 0.668. The molecule has 2 aromatic carbocycles. The first-order valence-corrected chi connectivity index (χ1v) is 8.73. The number of fused-ring (bicyclic) bond motifs is 1. The number of hydrogen-bond acceptors (Lipinski definition) is 4. The molecule has 3 aromatic rings. The van der Waals surface area contributed by atoms with Crippen molar-refractivity contribution in [3.8, 4) is 5.75 Å². The molecule has 5 heteroatoms. The van der Waals surface area contributed by atoms with E-state index in [9.17, 15) is 9.90 Å². The van der Waals surface area contributed by atoms with E-state index in [1.807, 2.05) is 36.4 Å². The van der Waals surface area contributed by atoms with E-state index in [0.29, 0.717) is 34.0 Å². The smallest absolute Gasteiger partial charge is 0.342 e. The van der Waals surface area contributed by atoms with E-state index in [2.05, 4.69) is 15.9 Å². The summed E-state index contributed by atoms with van der Waals surface area (Å²) >= 11 is 3.45. The highest BCUT2D eigenvalue weighted by atomic mass is 79.9. The lowest BCUT2D eigenvalue weighted by atomic mass is 9.90. The zero-order valence-corrected chi connectivity index (χ0v) is 14.7. The fourth-order valence-corrected chi connectivity index (χ4v) is 3.40. The van der Waals surface area contributed by atoms with Crippen LogP contribution >= 0.6 is 15.9 Å². The van der Waals surface area contributed by atoms with Crippen molar-refractivity contribution in [3.05, 3.63) is 65.4 Å². The van der Waals surface area contributed by atoms with Gasteiger partial charge in [-0.1, -0.05) is 52.3 Å². The van der Waals surface area contributed by atoms with Crippen LogP contribution in [0.5, 0.6) is 5.75 Å². The van der Waals surface area contributed by atoms with E-state index in [4.69, 9.17) is 9.15 Å². The minimum Gasteiger partial charge on any atom is -0.508 e. The Labute approximate surface area is 148 Å². The number of hydrogen-bond donors (Lipinski definition) is 1. The van der Waals surface area contributed by atoms with E-state index < -0.39 is 5.97 Å². The number of furan rings is 1. The van der Waals surface area contributed by atoms with Crippen LogP contribution in [0, 0.1) is 0 Å². The van der Waals surface area contributed by atoms with E-state index >= 15 is 0 Å². The monoisotopic (exact) mass is 388 g/mol. The lowest BCUT2D eigenvalue weighted by Gasteiger charge is -2.16. The molecule has 1 atom stereocenters. The number of phenolic OH excluding ortho intramolecular Hbond substituents is 1. The van der Waals surface area contributed by atoms with Gasteiger partial charge in [-0.05, 0) is 18.6 Å². The second-order valence-electron chi connectivity index (χ2n) is 5.42. The van der Waals surface area contributed by atoms with Gasteiger partial charge >= 0.3 is 5.97 Å². The van der Waals surface area contributed by atoms with Gasteiger partial charge in [0, 0.05) is 22.2 Å². The first kappa shape index (κ1) is 16.6. The third kappa shape index (κ3) is 2.91. The zero-order valence-electron chi connectivity index (χ0n) is 13.2. The first-order valence-electron chi connectivity index (χ1n) is 7.61. The third-order valence-corrected chi connectivity index (χ3v) is 4.50. The number of carbonyl (C=O) groups excluding carboxylic acids is 1. The molecule has 124 valence electrons. The standard InChI is InChI=1S/C19H17BrO4/c1-23-19(22)17-14-7-3-5-9-16(14)24-18(17)13(10-11-20)12-6-2-4-8-15(12)21/h2-9,13,21H,10-11H2,1H3. The molecule has 0 saturated carbocycles. The summed E-state index contributed by atoms with van der Waals surface area (Å²) in [5.41, 5.74) is 1.77.